The van der Waals surface area contributed by atoms with Crippen LogP contribution in [-0.2, 0) is 0 Å². The van der Waals surface area contributed by atoms with Crippen LogP contribution < -0.4 is 15.0 Å². The first-order valence-electron chi connectivity index (χ1n) is 11.6. The second-order valence-electron chi connectivity index (χ2n) is 8.89. The number of aromatic nitrogens is 2. The van der Waals surface area contributed by atoms with E-state index in [2.05, 4.69) is 56.3 Å². The molecule has 35 heavy (non-hydrogen) atoms. The lowest BCUT2D eigenvalue weighted by atomic mass is 10.0. The highest BCUT2D eigenvalue weighted by atomic mass is 35.5. The zero-order valence-corrected chi connectivity index (χ0v) is 21.4. The Labute approximate surface area is 216 Å². The summed E-state index contributed by atoms with van der Waals surface area (Å²) < 4.78 is 8.05. The molecular formula is C28H27ClN4OS. The third-order valence-electron chi connectivity index (χ3n) is 6.09. The molecule has 5 nitrogen and oxygen atoms in total. The second-order valence-corrected chi connectivity index (χ2v) is 9.69. The van der Waals surface area contributed by atoms with E-state index in [0.29, 0.717) is 5.11 Å². The minimum atomic E-state index is -0.127. The zero-order valence-electron chi connectivity index (χ0n) is 19.9. The molecule has 0 spiro atoms. The maximum absolute atomic E-state index is 6.32. The van der Waals surface area contributed by atoms with Gasteiger partial charge in [0.1, 0.15) is 11.8 Å². The van der Waals surface area contributed by atoms with Gasteiger partial charge in [0.15, 0.2) is 5.11 Å². The predicted molar refractivity (Wildman–Crippen MR) is 146 cm³/mol. The molecule has 0 bridgehead atoms. The number of nitrogens with zero attached hydrogens (tertiary/aromatic N) is 3. The maximum atomic E-state index is 6.32. The lowest BCUT2D eigenvalue weighted by Crippen LogP contribution is -2.30. The molecule has 1 N–H and O–H groups in total. The number of pyridine rings is 1. The Bertz CT molecular complexity index is 1340. The quantitative estimate of drug-likeness (QED) is 0.294. The van der Waals surface area contributed by atoms with Crippen LogP contribution in [0.2, 0.25) is 5.02 Å². The average Bonchev–Trinajstić information content (AvgIpc) is 3.46. The number of rotatable bonds is 6. The Balaban J connectivity index is 1.61. The molecule has 178 valence electrons. The van der Waals surface area contributed by atoms with Crippen LogP contribution in [0.1, 0.15) is 42.9 Å². The van der Waals surface area contributed by atoms with E-state index in [1.54, 1.807) is 0 Å². The van der Waals surface area contributed by atoms with Gasteiger partial charge in [-0.1, -0.05) is 17.7 Å². The minimum absolute atomic E-state index is 0.114. The van der Waals surface area contributed by atoms with Crippen molar-refractivity contribution >= 4 is 34.6 Å². The van der Waals surface area contributed by atoms with E-state index in [1.165, 1.54) is 0 Å². The number of anilines is 1. The van der Waals surface area contributed by atoms with Crippen molar-refractivity contribution in [2.45, 2.75) is 39.0 Å². The van der Waals surface area contributed by atoms with Gasteiger partial charge in [-0.3, -0.25) is 4.98 Å². The first kappa shape index (κ1) is 23.4. The van der Waals surface area contributed by atoms with Crippen LogP contribution in [0.25, 0.3) is 5.69 Å². The second kappa shape index (κ2) is 9.72. The molecule has 0 radical (unpaired) electrons. The molecule has 0 amide bonds. The molecule has 0 aliphatic carbocycles. The lowest BCUT2D eigenvalue weighted by molar-refractivity contribution is 0.242. The average molecular weight is 503 g/mol. The fourth-order valence-corrected chi connectivity index (χ4v) is 5.00. The molecule has 4 aromatic rings. The van der Waals surface area contributed by atoms with Crippen molar-refractivity contribution in [3.63, 3.8) is 0 Å². The summed E-state index contributed by atoms with van der Waals surface area (Å²) in [5, 5.41) is 4.94. The van der Waals surface area contributed by atoms with E-state index in [-0.39, 0.29) is 18.2 Å². The van der Waals surface area contributed by atoms with Gasteiger partial charge in [0.2, 0.25) is 0 Å². The summed E-state index contributed by atoms with van der Waals surface area (Å²) in [4.78, 5) is 6.83. The van der Waals surface area contributed by atoms with Gasteiger partial charge >= 0.3 is 0 Å². The van der Waals surface area contributed by atoms with E-state index < -0.39 is 0 Å². The first-order valence-corrected chi connectivity index (χ1v) is 12.4. The Morgan fingerprint density at radius 3 is 2.46 bits per heavy atom. The van der Waals surface area contributed by atoms with E-state index in [9.17, 15) is 0 Å². The third-order valence-corrected chi connectivity index (χ3v) is 6.83. The van der Waals surface area contributed by atoms with Crippen molar-refractivity contribution in [1.82, 2.24) is 14.9 Å². The van der Waals surface area contributed by atoms with Crippen molar-refractivity contribution in [3.05, 3.63) is 107 Å². The molecule has 2 aromatic carbocycles. The van der Waals surface area contributed by atoms with Gasteiger partial charge < -0.3 is 19.5 Å². The van der Waals surface area contributed by atoms with Crippen molar-refractivity contribution < 1.29 is 4.74 Å². The summed E-state index contributed by atoms with van der Waals surface area (Å²) in [5.41, 5.74) is 5.09. The molecule has 5 rings (SSSR count). The van der Waals surface area contributed by atoms with Gasteiger partial charge in [0, 0.05) is 34.5 Å². The van der Waals surface area contributed by atoms with Gasteiger partial charge in [-0.2, -0.15) is 0 Å². The molecule has 1 aliphatic rings. The standard InChI is InChI=1S/C28H27ClN4OS/c1-18(2)34-22-12-9-20(10-13-22)33-27(26(31-28(33)35)24-7-4-5-15-30-24)25-8-6-16-32(25)21-11-14-23(29)19(3)17-21/h4-18,26-27H,1-3H3,(H,31,35). The van der Waals surface area contributed by atoms with E-state index in [1.807, 2.05) is 69.4 Å². The molecular weight excluding hydrogens is 476 g/mol. The molecule has 2 atom stereocenters. The minimum Gasteiger partial charge on any atom is -0.491 e. The third kappa shape index (κ3) is 4.64. The SMILES string of the molecule is Cc1cc(-n2cccc2C2C(c3ccccn3)NC(=S)N2c2ccc(OC(C)C)cc2)ccc1Cl. The summed E-state index contributed by atoms with van der Waals surface area (Å²) >= 11 is 12.2. The van der Waals surface area contributed by atoms with Gasteiger partial charge in [-0.05, 0) is 105 Å². The number of ether oxygens (including phenoxy) is 1. The predicted octanol–water partition coefficient (Wildman–Crippen LogP) is 6.80. The number of thiocarbonyl (C=S) groups is 1. The highest BCUT2D eigenvalue weighted by Gasteiger charge is 2.42. The van der Waals surface area contributed by atoms with Crippen molar-refractivity contribution in [1.29, 1.82) is 0 Å². The van der Waals surface area contributed by atoms with Crippen molar-refractivity contribution in [3.8, 4) is 11.4 Å². The lowest BCUT2D eigenvalue weighted by Gasteiger charge is -2.29. The molecule has 2 aromatic heterocycles. The number of nitrogens with one attached hydrogen (secondary N) is 1. The molecule has 0 saturated carbocycles. The van der Waals surface area contributed by atoms with E-state index in [0.717, 1.165) is 39.1 Å². The summed E-state index contributed by atoms with van der Waals surface area (Å²) in [5.74, 6) is 0.833. The highest BCUT2D eigenvalue weighted by Crippen LogP contribution is 2.42. The van der Waals surface area contributed by atoms with E-state index in [4.69, 9.17) is 28.6 Å². The molecule has 7 heteroatoms. The zero-order chi connectivity index (χ0) is 24.5. The highest BCUT2D eigenvalue weighted by molar-refractivity contribution is 7.80. The molecule has 2 unspecified atom stereocenters. The largest absolute Gasteiger partial charge is 0.491 e. The van der Waals surface area contributed by atoms with Gasteiger partial charge in [0.25, 0.3) is 0 Å². The van der Waals surface area contributed by atoms with Crippen molar-refractivity contribution in [2.75, 3.05) is 4.90 Å². The summed E-state index contributed by atoms with van der Waals surface area (Å²) in [6, 6.07) is 24.1. The van der Waals surface area contributed by atoms with Crippen LogP contribution in [0.3, 0.4) is 0 Å². The Morgan fingerprint density at radius 2 is 1.77 bits per heavy atom. The summed E-state index contributed by atoms with van der Waals surface area (Å²) in [6.07, 6.45) is 4.01. The maximum Gasteiger partial charge on any atom is 0.174 e. The van der Waals surface area contributed by atoms with Crippen LogP contribution in [0, 0.1) is 6.92 Å². The van der Waals surface area contributed by atoms with Crippen LogP contribution >= 0.6 is 23.8 Å². The number of benzene rings is 2. The molecule has 1 saturated heterocycles. The Morgan fingerprint density at radius 1 is 1.00 bits per heavy atom. The molecule has 1 fully saturated rings. The first-order chi connectivity index (χ1) is 16.9. The van der Waals surface area contributed by atoms with Crippen LogP contribution in [0.5, 0.6) is 5.75 Å². The number of halogens is 1. The number of hydrogen-bond donors (Lipinski definition) is 1. The summed E-state index contributed by atoms with van der Waals surface area (Å²) in [6.45, 7) is 6.06. The topological polar surface area (TPSA) is 42.3 Å². The van der Waals surface area contributed by atoms with Gasteiger partial charge in [-0.15, -0.1) is 0 Å². The monoisotopic (exact) mass is 502 g/mol. The smallest absolute Gasteiger partial charge is 0.174 e. The fraction of sp³-hybridized carbons (Fsp3) is 0.214. The normalized spacial score (nSPS) is 17.6. The van der Waals surface area contributed by atoms with Gasteiger partial charge in [-0.25, -0.2) is 0 Å². The molecule has 3 heterocycles. The van der Waals surface area contributed by atoms with Crippen molar-refractivity contribution in [2.24, 2.45) is 0 Å². The van der Waals surface area contributed by atoms with Gasteiger partial charge in [0.05, 0.1) is 17.8 Å². The van der Waals surface area contributed by atoms with Crippen LogP contribution in [-0.4, -0.2) is 20.8 Å². The summed E-state index contributed by atoms with van der Waals surface area (Å²) in [7, 11) is 0. The van der Waals surface area contributed by atoms with Crippen LogP contribution in [0.4, 0.5) is 5.69 Å². The molecule has 1 aliphatic heterocycles. The van der Waals surface area contributed by atoms with Crippen LogP contribution in [0.15, 0.2) is 85.2 Å². The van der Waals surface area contributed by atoms with E-state index >= 15 is 0 Å². The number of aryl methyl sites for hydroxylation is 1. The Hall–Kier alpha value is -3.35. The number of hydrogen-bond acceptors (Lipinski definition) is 3. The fourth-order valence-electron chi connectivity index (χ4n) is 4.54. The Kier molecular flexibility index (Phi) is 6.50.